The molecule has 3 fully saturated rings. The first-order valence-electron chi connectivity index (χ1n) is 16.8. The van der Waals surface area contributed by atoms with Crippen LogP contribution in [0.1, 0.15) is 64.8 Å². The monoisotopic (exact) mass is 681 g/mol. The maximum atomic E-state index is 12.9. The Bertz CT molecular complexity index is 1550. The first-order valence-corrected chi connectivity index (χ1v) is 16.8. The highest BCUT2D eigenvalue weighted by molar-refractivity contribution is 5.97. The fourth-order valence-electron chi connectivity index (χ4n) is 6.65. The average molecular weight is 682 g/mol. The van der Waals surface area contributed by atoms with Gasteiger partial charge in [-0.3, -0.25) is 14.5 Å². The third-order valence-corrected chi connectivity index (χ3v) is 9.75. The summed E-state index contributed by atoms with van der Waals surface area (Å²) in [4.78, 5) is 41.5. The predicted molar refractivity (Wildman–Crippen MR) is 179 cm³/mol. The van der Waals surface area contributed by atoms with Gasteiger partial charge in [0.2, 0.25) is 0 Å². The summed E-state index contributed by atoms with van der Waals surface area (Å²) in [5, 5.41) is 0. The quantitative estimate of drug-likeness (QED) is 0.164. The Morgan fingerprint density at radius 3 is 2.27 bits per heavy atom. The molecule has 2 aromatic carbocycles. The van der Waals surface area contributed by atoms with Crippen LogP contribution >= 0.6 is 0 Å². The molecule has 3 saturated heterocycles. The van der Waals surface area contributed by atoms with Gasteiger partial charge < -0.3 is 14.5 Å². The molecule has 3 heterocycles. The molecule has 11 heteroatoms. The molecule has 4 aliphatic rings. The van der Waals surface area contributed by atoms with Crippen LogP contribution in [0.5, 0.6) is 0 Å². The van der Waals surface area contributed by atoms with Gasteiger partial charge in [-0.1, -0.05) is 54.1 Å². The molecule has 0 unspecified atom stereocenters. The molecule has 49 heavy (non-hydrogen) atoms. The Morgan fingerprint density at radius 2 is 1.63 bits per heavy atom. The van der Waals surface area contributed by atoms with Crippen molar-refractivity contribution in [2.75, 3.05) is 46.3 Å². The zero-order chi connectivity index (χ0) is 35.0. The SMILES string of the molecule is CN1CCC(C(=O)c2ccc(F)cc2)CC1.O=Cc1ccc(CN2CC3(CCN(CCC4=CCC=C(C(F)(F)F)C=C4)CC3)OC2=O)cc1. The van der Waals surface area contributed by atoms with Crippen LogP contribution in [-0.4, -0.2) is 91.0 Å². The van der Waals surface area contributed by atoms with E-state index in [1.807, 2.05) is 18.2 Å². The number of ether oxygens (including phenoxy) is 1. The number of alkyl halides is 3. The first-order chi connectivity index (χ1) is 23.4. The van der Waals surface area contributed by atoms with E-state index in [2.05, 4.69) is 16.8 Å². The Kier molecular flexibility index (Phi) is 11.9. The fraction of sp³-hybridized carbons (Fsp3) is 0.447. The molecule has 262 valence electrons. The number of benzene rings is 2. The van der Waals surface area contributed by atoms with Gasteiger partial charge in [-0.15, -0.1) is 0 Å². The molecule has 1 spiro atoms. The molecule has 0 bridgehead atoms. The van der Waals surface area contributed by atoms with Crippen molar-refractivity contribution < 1.29 is 36.7 Å². The highest BCUT2D eigenvalue weighted by Crippen LogP contribution is 2.35. The van der Waals surface area contributed by atoms with E-state index in [0.29, 0.717) is 30.6 Å². The summed E-state index contributed by atoms with van der Waals surface area (Å²) in [6, 6.07) is 13.0. The summed E-state index contributed by atoms with van der Waals surface area (Å²) in [5.41, 5.74) is 2.00. The topological polar surface area (TPSA) is 70.2 Å². The van der Waals surface area contributed by atoms with Gasteiger partial charge in [-0.2, -0.15) is 13.2 Å². The van der Waals surface area contributed by atoms with E-state index in [1.165, 1.54) is 18.2 Å². The lowest BCUT2D eigenvalue weighted by atomic mass is 9.89. The number of halogens is 4. The van der Waals surface area contributed by atoms with Crippen LogP contribution in [0.4, 0.5) is 22.4 Å². The summed E-state index contributed by atoms with van der Waals surface area (Å²) in [6.45, 7) is 5.23. The maximum absolute atomic E-state index is 12.9. The number of aldehydes is 1. The number of ketones is 1. The third-order valence-electron chi connectivity index (χ3n) is 9.75. The number of Topliss-reactive ketones (excluding diaryl/α,β-unsaturated/α-hetero) is 1. The third kappa shape index (κ3) is 9.98. The molecular weight excluding hydrogens is 638 g/mol. The van der Waals surface area contributed by atoms with Crippen LogP contribution in [-0.2, 0) is 11.3 Å². The molecule has 2 aromatic rings. The first kappa shape index (κ1) is 36.2. The van der Waals surface area contributed by atoms with Gasteiger partial charge in [0, 0.05) is 56.1 Å². The van der Waals surface area contributed by atoms with Gasteiger partial charge in [0.25, 0.3) is 0 Å². The minimum Gasteiger partial charge on any atom is -0.441 e. The van der Waals surface area contributed by atoms with Crippen molar-refractivity contribution in [3.05, 3.63) is 106 Å². The highest BCUT2D eigenvalue weighted by Gasteiger charge is 2.46. The van der Waals surface area contributed by atoms with E-state index in [0.717, 1.165) is 81.9 Å². The van der Waals surface area contributed by atoms with Crippen molar-refractivity contribution in [2.45, 2.75) is 56.8 Å². The van der Waals surface area contributed by atoms with Crippen LogP contribution in [0.25, 0.3) is 0 Å². The van der Waals surface area contributed by atoms with Gasteiger partial charge in [0.05, 0.1) is 12.1 Å². The van der Waals surface area contributed by atoms with Gasteiger partial charge in [-0.25, -0.2) is 9.18 Å². The minimum absolute atomic E-state index is 0.113. The molecular formula is C38H43F4N3O4. The lowest BCUT2D eigenvalue weighted by Crippen LogP contribution is -2.47. The van der Waals surface area contributed by atoms with Crippen molar-refractivity contribution in [3.8, 4) is 0 Å². The fourth-order valence-corrected chi connectivity index (χ4v) is 6.65. The number of rotatable bonds is 8. The summed E-state index contributed by atoms with van der Waals surface area (Å²) >= 11 is 0. The van der Waals surface area contributed by atoms with Crippen LogP contribution in [0.2, 0.25) is 0 Å². The summed E-state index contributed by atoms with van der Waals surface area (Å²) < 4.78 is 57.1. The van der Waals surface area contributed by atoms with Crippen molar-refractivity contribution in [1.29, 1.82) is 0 Å². The normalized spacial score (nSPS) is 20.2. The zero-order valence-electron chi connectivity index (χ0n) is 27.8. The number of nitrogens with zero attached hydrogens (tertiary/aromatic N) is 3. The molecule has 6 rings (SSSR count). The number of likely N-dealkylation sites (tertiary alicyclic amines) is 2. The molecule has 0 radical (unpaired) electrons. The number of hydrogen-bond donors (Lipinski definition) is 0. The second-order valence-electron chi connectivity index (χ2n) is 13.3. The van der Waals surface area contributed by atoms with E-state index < -0.39 is 17.4 Å². The average Bonchev–Trinajstić information content (AvgIpc) is 3.23. The lowest BCUT2D eigenvalue weighted by Gasteiger charge is -2.37. The molecule has 0 aromatic heterocycles. The molecule has 1 aliphatic carbocycles. The number of amides is 1. The Balaban J connectivity index is 0.000000244. The molecule has 0 N–H and O–H groups in total. The Labute approximate surface area is 284 Å². The molecule has 7 nitrogen and oxygen atoms in total. The van der Waals surface area contributed by atoms with E-state index in [1.54, 1.807) is 35.2 Å². The molecule has 1 amide bonds. The number of allylic oxidation sites excluding steroid dienone is 5. The van der Waals surface area contributed by atoms with E-state index in [-0.39, 0.29) is 30.0 Å². The Hall–Kier alpha value is -4.09. The number of carbonyl (C=O) groups excluding carboxylic acids is 3. The van der Waals surface area contributed by atoms with Gasteiger partial charge in [-0.05, 0) is 75.6 Å². The van der Waals surface area contributed by atoms with E-state index in [9.17, 15) is 31.9 Å². The van der Waals surface area contributed by atoms with Crippen molar-refractivity contribution in [1.82, 2.24) is 14.7 Å². The summed E-state index contributed by atoms with van der Waals surface area (Å²) in [7, 11) is 2.07. The zero-order valence-corrected chi connectivity index (χ0v) is 27.8. The van der Waals surface area contributed by atoms with Gasteiger partial charge in [0.15, 0.2) is 5.78 Å². The van der Waals surface area contributed by atoms with E-state index >= 15 is 0 Å². The standard InChI is InChI=1S/C25H27F3N2O3.C13H16FNO/c26-25(27,28)22-3-1-2-19(8-9-22)10-13-29-14-11-24(12-15-29)18-30(23(32)33-24)16-20-4-6-21(17-31)7-5-20;1-15-8-6-11(7-9-15)13(16)10-2-4-12(14)5-3-10/h2-9,17H,1,10-16,18H2;2-5,11H,6-9H2,1H3. The van der Waals surface area contributed by atoms with Crippen LogP contribution < -0.4 is 0 Å². The number of hydrogen-bond acceptors (Lipinski definition) is 6. The largest absolute Gasteiger partial charge is 0.441 e. The molecule has 0 atom stereocenters. The second-order valence-corrected chi connectivity index (χ2v) is 13.3. The van der Waals surface area contributed by atoms with Crippen molar-refractivity contribution in [3.63, 3.8) is 0 Å². The molecule has 3 aliphatic heterocycles. The van der Waals surface area contributed by atoms with E-state index in [4.69, 9.17) is 4.74 Å². The van der Waals surface area contributed by atoms with Gasteiger partial charge in [0.1, 0.15) is 17.7 Å². The highest BCUT2D eigenvalue weighted by atomic mass is 19.4. The smallest absolute Gasteiger partial charge is 0.416 e. The molecule has 0 saturated carbocycles. The van der Waals surface area contributed by atoms with Crippen LogP contribution in [0.3, 0.4) is 0 Å². The minimum atomic E-state index is -4.31. The predicted octanol–water partition coefficient (Wildman–Crippen LogP) is 7.40. The number of piperidine rings is 2. The maximum Gasteiger partial charge on any atom is 0.416 e. The van der Waals surface area contributed by atoms with Crippen molar-refractivity contribution in [2.24, 2.45) is 5.92 Å². The summed E-state index contributed by atoms with van der Waals surface area (Å²) in [6.07, 6.45) is 6.19. The summed E-state index contributed by atoms with van der Waals surface area (Å²) in [5.74, 6) is -0.0188. The van der Waals surface area contributed by atoms with Crippen molar-refractivity contribution >= 4 is 18.2 Å². The van der Waals surface area contributed by atoms with Gasteiger partial charge >= 0.3 is 12.3 Å². The van der Waals surface area contributed by atoms with Crippen LogP contribution in [0.15, 0.2) is 84.0 Å². The lowest BCUT2D eigenvalue weighted by molar-refractivity contribution is -0.0883. The second kappa shape index (κ2) is 16.1. The number of carbonyl (C=O) groups is 3. The Morgan fingerprint density at radius 1 is 0.959 bits per heavy atom. The van der Waals surface area contributed by atoms with Crippen LogP contribution in [0, 0.1) is 11.7 Å².